The Kier molecular flexibility index (Phi) is 3.34. The van der Waals surface area contributed by atoms with Gasteiger partial charge in [-0.1, -0.05) is 13.8 Å². The van der Waals surface area contributed by atoms with Gasteiger partial charge in [-0.25, -0.2) is 4.79 Å². The van der Waals surface area contributed by atoms with Gasteiger partial charge in [0.15, 0.2) is 0 Å². The van der Waals surface area contributed by atoms with Crippen LogP contribution >= 0.6 is 0 Å². The molecule has 1 rings (SSSR count). The van der Waals surface area contributed by atoms with Crippen LogP contribution in [0.15, 0.2) is 0 Å². The summed E-state index contributed by atoms with van der Waals surface area (Å²) in [5.41, 5.74) is -1.81. The summed E-state index contributed by atoms with van der Waals surface area (Å²) in [6.45, 7) is 3.84. The van der Waals surface area contributed by atoms with Crippen molar-refractivity contribution in [3.63, 3.8) is 0 Å². The van der Waals surface area contributed by atoms with Crippen molar-refractivity contribution >= 4 is 11.9 Å². The predicted molar refractivity (Wildman–Crippen MR) is 50.9 cm³/mol. The number of methoxy groups -OCH3 is 1. The molecule has 1 aliphatic heterocycles. The van der Waals surface area contributed by atoms with E-state index >= 15 is 0 Å². The summed E-state index contributed by atoms with van der Waals surface area (Å²) in [5.74, 6) is -1.15. The fraction of sp³-hybridized carbons (Fsp3) is 0.800. The Morgan fingerprint density at radius 2 is 2.33 bits per heavy atom. The van der Waals surface area contributed by atoms with Crippen molar-refractivity contribution in [2.45, 2.75) is 38.4 Å². The Morgan fingerprint density at radius 3 is 2.80 bits per heavy atom. The molecule has 0 aliphatic carbocycles. The van der Waals surface area contributed by atoms with Gasteiger partial charge in [-0.05, 0) is 12.3 Å². The number of hydrogen-bond donors (Lipinski definition) is 1. The quantitative estimate of drug-likeness (QED) is 0.685. The van der Waals surface area contributed by atoms with Crippen molar-refractivity contribution in [3.05, 3.63) is 0 Å². The van der Waals surface area contributed by atoms with Crippen LogP contribution in [-0.2, 0) is 19.1 Å². The van der Waals surface area contributed by atoms with Crippen LogP contribution in [0.1, 0.15) is 26.7 Å². The van der Waals surface area contributed by atoms with Gasteiger partial charge >= 0.3 is 11.9 Å². The van der Waals surface area contributed by atoms with Gasteiger partial charge in [-0.2, -0.15) is 0 Å². The van der Waals surface area contributed by atoms with E-state index in [-0.39, 0.29) is 12.3 Å². The molecular weight excluding hydrogens is 200 g/mol. The van der Waals surface area contributed by atoms with Gasteiger partial charge in [-0.3, -0.25) is 4.79 Å². The van der Waals surface area contributed by atoms with Crippen LogP contribution in [0.5, 0.6) is 0 Å². The summed E-state index contributed by atoms with van der Waals surface area (Å²) in [6.07, 6.45) is -0.675. The van der Waals surface area contributed by atoms with E-state index in [1.165, 1.54) is 7.11 Å². The molecule has 0 bridgehead atoms. The molecule has 0 unspecified atom stereocenters. The molecule has 0 aromatic carbocycles. The van der Waals surface area contributed by atoms with Crippen LogP contribution in [0, 0.1) is 5.92 Å². The lowest BCUT2D eigenvalue weighted by Gasteiger charge is -2.25. The number of rotatable bonds is 3. The van der Waals surface area contributed by atoms with E-state index in [1.54, 1.807) is 0 Å². The molecule has 1 heterocycles. The van der Waals surface area contributed by atoms with Crippen LogP contribution in [0.2, 0.25) is 0 Å². The zero-order chi connectivity index (χ0) is 11.6. The van der Waals surface area contributed by atoms with Gasteiger partial charge in [0.2, 0.25) is 5.60 Å². The molecule has 5 heteroatoms. The molecule has 1 saturated heterocycles. The summed E-state index contributed by atoms with van der Waals surface area (Å²) in [5, 5.41) is 10.0. The maximum absolute atomic E-state index is 11.4. The minimum absolute atomic E-state index is 0.220. The van der Waals surface area contributed by atoms with Gasteiger partial charge in [0, 0.05) is 0 Å². The minimum atomic E-state index is -1.81. The van der Waals surface area contributed by atoms with Crippen LogP contribution in [0.25, 0.3) is 0 Å². The topological polar surface area (TPSA) is 72.8 Å². The van der Waals surface area contributed by atoms with E-state index in [9.17, 15) is 14.7 Å². The lowest BCUT2D eigenvalue weighted by Crippen LogP contribution is -2.47. The number of ether oxygens (including phenoxy) is 2. The minimum Gasteiger partial charge on any atom is -0.467 e. The van der Waals surface area contributed by atoms with Gasteiger partial charge in [0.05, 0.1) is 13.5 Å². The summed E-state index contributed by atoms with van der Waals surface area (Å²) in [6, 6.07) is 0. The van der Waals surface area contributed by atoms with Crippen LogP contribution in [-0.4, -0.2) is 35.9 Å². The molecule has 86 valence electrons. The van der Waals surface area contributed by atoms with Gasteiger partial charge in [0.1, 0.15) is 6.10 Å². The van der Waals surface area contributed by atoms with E-state index in [1.807, 2.05) is 13.8 Å². The van der Waals surface area contributed by atoms with Crippen LogP contribution in [0.4, 0.5) is 0 Å². The van der Waals surface area contributed by atoms with E-state index in [2.05, 4.69) is 4.74 Å². The molecule has 0 amide bonds. The fourth-order valence-electron chi connectivity index (χ4n) is 1.68. The Balaban J connectivity index is 2.84. The first-order valence-electron chi connectivity index (χ1n) is 4.90. The van der Waals surface area contributed by atoms with Gasteiger partial charge < -0.3 is 14.6 Å². The molecule has 15 heavy (non-hydrogen) atoms. The highest BCUT2D eigenvalue weighted by Crippen LogP contribution is 2.32. The normalized spacial score (nSPS) is 30.5. The van der Waals surface area contributed by atoms with Crippen molar-refractivity contribution in [1.29, 1.82) is 0 Å². The third-order valence-corrected chi connectivity index (χ3v) is 2.44. The second-order valence-corrected chi connectivity index (χ2v) is 4.20. The standard InChI is InChI=1S/C10H16O5/c1-6(2)4-7-10(13,9(12)14-3)5-8(11)15-7/h6-7,13H,4-5H2,1-3H3/t7-,10-/m0/s1. The Morgan fingerprint density at radius 1 is 1.73 bits per heavy atom. The highest BCUT2D eigenvalue weighted by Gasteiger charge is 2.54. The lowest BCUT2D eigenvalue weighted by molar-refractivity contribution is -0.169. The maximum atomic E-state index is 11.4. The third kappa shape index (κ3) is 2.28. The van der Waals surface area contributed by atoms with Crippen molar-refractivity contribution in [1.82, 2.24) is 0 Å². The monoisotopic (exact) mass is 216 g/mol. The third-order valence-electron chi connectivity index (χ3n) is 2.44. The Labute approximate surface area is 88.4 Å². The molecule has 1 aliphatic rings. The van der Waals surface area contributed by atoms with Crippen molar-refractivity contribution < 1.29 is 24.2 Å². The molecule has 0 radical (unpaired) electrons. The summed E-state index contributed by atoms with van der Waals surface area (Å²) < 4.78 is 9.40. The smallest absolute Gasteiger partial charge is 0.342 e. The average Bonchev–Trinajstić information content (AvgIpc) is 2.40. The van der Waals surface area contributed by atoms with Crippen LogP contribution in [0.3, 0.4) is 0 Å². The number of cyclic esters (lactones) is 1. The molecule has 0 aromatic heterocycles. The Hall–Kier alpha value is -1.10. The molecule has 5 nitrogen and oxygen atoms in total. The summed E-state index contributed by atoms with van der Waals surface area (Å²) in [7, 11) is 1.18. The maximum Gasteiger partial charge on any atom is 0.342 e. The van der Waals surface area contributed by atoms with Crippen molar-refractivity contribution in [2.75, 3.05) is 7.11 Å². The highest BCUT2D eigenvalue weighted by molar-refractivity contribution is 5.89. The Bertz CT molecular complexity index is 273. The summed E-state index contributed by atoms with van der Waals surface area (Å²) in [4.78, 5) is 22.4. The molecule has 2 atom stereocenters. The van der Waals surface area contributed by atoms with E-state index < -0.39 is 23.6 Å². The van der Waals surface area contributed by atoms with Gasteiger partial charge in [-0.15, -0.1) is 0 Å². The predicted octanol–water partition coefficient (Wildman–Crippen LogP) is 0.252. The molecule has 0 spiro atoms. The number of aliphatic hydroxyl groups is 1. The number of esters is 2. The van der Waals surface area contributed by atoms with Crippen molar-refractivity contribution in [3.8, 4) is 0 Å². The highest BCUT2D eigenvalue weighted by atomic mass is 16.6. The first-order valence-corrected chi connectivity index (χ1v) is 4.90. The lowest BCUT2D eigenvalue weighted by atomic mass is 9.90. The zero-order valence-electron chi connectivity index (χ0n) is 9.15. The largest absolute Gasteiger partial charge is 0.467 e. The van der Waals surface area contributed by atoms with Gasteiger partial charge in [0.25, 0.3) is 0 Å². The fourth-order valence-corrected chi connectivity index (χ4v) is 1.68. The van der Waals surface area contributed by atoms with E-state index in [0.29, 0.717) is 6.42 Å². The zero-order valence-corrected chi connectivity index (χ0v) is 9.15. The molecule has 0 aromatic rings. The van der Waals surface area contributed by atoms with E-state index in [0.717, 1.165) is 0 Å². The molecular formula is C10H16O5. The second kappa shape index (κ2) is 4.18. The van der Waals surface area contributed by atoms with Crippen LogP contribution < -0.4 is 0 Å². The number of hydrogen-bond acceptors (Lipinski definition) is 5. The molecule has 1 N–H and O–H groups in total. The van der Waals surface area contributed by atoms with E-state index in [4.69, 9.17) is 4.74 Å². The first-order chi connectivity index (χ1) is 6.90. The average molecular weight is 216 g/mol. The second-order valence-electron chi connectivity index (χ2n) is 4.20. The number of carbonyl (C=O) groups excluding carboxylic acids is 2. The molecule has 0 saturated carbocycles. The SMILES string of the molecule is COC(=O)[C@]1(O)CC(=O)O[C@H]1CC(C)C. The molecule has 1 fully saturated rings. The summed E-state index contributed by atoms with van der Waals surface area (Å²) >= 11 is 0. The van der Waals surface area contributed by atoms with Crippen molar-refractivity contribution in [2.24, 2.45) is 5.92 Å². The first kappa shape index (κ1) is 12.0. The number of carbonyl (C=O) groups is 2.